The van der Waals surface area contributed by atoms with Crippen molar-refractivity contribution in [1.82, 2.24) is 5.32 Å². The summed E-state index contributed by atoms with van der Waals surface area (Å²) in [7, 11) is 1.60. The van der Waals surface area contributed by atoms with Gasteiger partial charge in [0.2, 0.25) is 0 Å². The number of hydrogen-bond acceptors (Lipinski definition) is 3. The first-order valence-electron chi connectivity index (χ1n) is 6.22. The number of benzene rings is 1. The van der Waals surface area contributed by atoms with Crippen LogP contribution in [0.25, 0.3) is 0 Å². The van der Waals surface area contributed by atoms with E-state index in [0.29, 0.717) is 11.3 Å². The highest BCUT2D eigenvalue weighted by Gasteiger charge is 2.14. The summed E-state index contributed by atoms with van der Waals surface area (Å²) in [4.78, 5) is 13.2. The quantitative estimate of drug-likeness (QED) is 0.918. The van der Waals surface area contributed by atoms with Crippen LogP contribution in [0, 0.1) is 6.92 Å². The van der Waals surface area contributed by atoms with Crippen LogP contribution in [0.5, 0.6) is 5.75 Å². The molecule has 1 N–H and O–H groups in total. The van der Waals surface area contributed by atoms with E-state index in [1.54, 1.807) is 19.2 Å². The Bertz CT molecular complexity index is 624. The van der Waals surface area contributed by atoms with Crippen LogP contribution in [-0.2, 0) is 0 Å². The van der Waals surface area contributed by atoms with E-state index >= 15 is 0 Å². The first-order valence-corrected chi connectivity index (χ1v) is 7.41. The number of thiophene rings is 1. The van der Waals surface area contributed by atoms with Crippen LogP contribution in [-0.4, -0.2) is 13.0 Å². The second kappa shape index (κ2) is 6.29. The molecule has 0 aliphatic rings. The van der Waals surface area contributed by atoms with Crippen molar-refractivity contribution in [3.63, 3.8) is 0 Å². The SMILES string of the molecule is COc1cc(C(=O)N[C@H](C)c2ccc(Cl)s2)ccc1C. The first kappa shape index (κ1) is 14.9. The Morgan fingerprint density at radius 3 is 2.70 bits per heavy atom. The van der Waals surface area contributed by atoms with Gasteiger partial charge < -0.3 is 10.1 Å². The molecule has 2 aromatic rings. The minimum absolute atomic E-state index is 0.0766. The van der Waals surface area contributed by atoms with Crippen LogP contribution in [0.15, 0.2) is 30.3 Å². The summed E-state index contributed by atoms with van der Waals surface area (Å²) < 4.78 is 5.95. The van der Waals surface area contributed by atoms with E-state index < -0.39 is 0 Å². The lowest BCUT2D eigenvalue weighted by Gasteiger charge is -2.13. The molecule has 1 aromatic carbocycles. The van der Waals surface area contributed by atoms with Gasteiger partial charge in [-0.25, -0.2) is 0 Å². The van der Waals surface area contributed by atoms with Gasteiger partial charge in [-0.15, -0.1) is 11.3 Å². The van der Waals surface area contributed by atoms with Crippen LogP contribution in [0.2, 0.25) is 4.34 Å². The van der Waals surface area contributed by atoms with Gasteiger partial charge in [-0.1, -0.05) is 17.7 Å². The largest absolute Gasteiger partial charge is 0.496 e. The fraction of sp³-hybridized carbons (Fsp3) is 0.267. The molecule has 3 nitrogen and oxygen atoms in total. The number of nitrogens with one attached hydrogen (secondary N) is 1. The molecule has 1 heterocycles. The lowest BCUT2D eigenvalue weighted by Crippen LogP contribution is -2.26. The van der Waals surface area contributed by atoms with Crippen molar-refractivity contribution in [3.05, 3.63) is 50.7 Å². The Labute approximate surface area is 127 Å². The predicted molar refractivity (Wildman–Crippen MR) is 82.9 cm³/mol. The minimum atomic E-state index is -0.125. The van der Waals surface area contributed by atoms with Crippen LogP contribution in [0.3, 0.4) is 0 Å². The molecule has 0 unspecified atom stereocenters. The topological polar surface area (TPSA) is 38.3 Å². The molecule has 2 rings (SSSR count). The highest BCUT2D eigenvalue weighted by Crippen LogP contribution is 2.27. The van der Waals surface area contributed by atoms with E-state index in [9.17, 15) is 4.79 Å². The molecule has 0 saturated carbocycles. The second-order valence-corrected chi connectivity index (χ2v) is 6.27. The molecule has 0 aliphatic heterocycles. The van der Waals surface area contributed by atoms with Crippen LogP contribution in [0.1, 0.15) is 33.8 Å². The van der Waals surface area contributed by atoms with Crippen molar-refractivity contribution in [2.24, 2.45) is 0 Å². The zero-order chi connectivity index (χ0) is 14.7. The van der Waals surface area contributed by atoms with Gasteiger partial charge in [0.05, 0.1) is 17.5 Å². The average molecular weight is 310 g/mol. The highest BCUT2D eigenvalue weighted by molar-refractivity contribution is 7.16. The Morgan fingerprint density at radius 2 is 2.10 bits per heavy atom. The molecular weight excluding hydrogens is 294 g/mol. The third-order valence-electron chi connectivity index (χ3n) is 3.04. The maximum absolute atomic E-state index is 12.2. The molecule has 0 radical (unpaired) electrons. The fourth-order valence-electron chi connectivity index (χ4n) is 1.87. The van der Waals surface area contributed by atoms with E-state index in [1.165, 1.54) is 11.3 Å². The third kappa shape index (κ3) is 3.32. The van der Waals surface area contributed by atoms with E-state index in [4.69, 9.17) is 16.3 Å². The number of halogens is 1. The number of hydrogen-bond donors (Lipinski definition) is 1. The standard InChI is InChI=1S/C15H16ClNO2S/c1-9-4-5-11(8-12(9)19-3)15(18)17-10(2)13-6-7-14(16)20-13/h4-8,10H,1-3H3,(H,17,18)/t10-/m1/s1. The summed E-state index contributed by atoms with van der Waals surface area (Å²) in [6, 6.07) is 9.10. The molecule has 1 atom stereocenters. The van der Waals surface area contributed by atoms with Gasteiger partial charge in [0, 0.05) is 10.4 Å². The summed E-state index contributed by atoms with van der Waals surface area (Å²) >= 11 is 7.37. The molecule has 1 aromatic heterocycles. The van der Waals surface area contributed by atoms with E-state index in [1.807, 2.05) is 32.0 Å². The van der Waals surface area contributed by atoms with Gasteiger partial charge in [-0.3, -0.25) is 4.79 Å². The molecular formula is C15H16ClNO2S. The van der Waals surface area contributed by atoms with Gasteiger partial charge >= 0.3 is 0 Å². The van der Waals surface area contributed by atoms with Gasteiger partial charge in [0.15, 0.2) is 0 Å². The number of carbonyl (C=O) groups excluding carboxylic acids is 1. The lowest BCUT2D eigenvalue weighted by molar-refractivity contribution is 0.0940. The normalized spacial score (nSPS) is 12.0. The van der Waals surface area contributed by atoms with Gasteiger partial charge in [-0.05, 0) is 43.7 Å². The molecule has 20 heavy (non-hydrogen) atoms. The number of amides is 1. The molecule has 1 amide bonds. The molecule has 0 aliphatic carbocycles. The molecule has 0 spiro atoms. The van der Waals surface area contributed by atoms with Crippen molar-refractivity contribution in [2.75, 3.05) is 7.11 Å². The van der Waals surface area contributed by atoms with Crippen LogP contribution < -0.4 is 10.1 Å². The third-order valence-corrected chi connectivity index (χ3v) is 4.45. The maximum Gasteiger partial charge on any atom is 0.251 e. The molecule has 0 bridgehead atoms. The fourth-order valence-corrected chi connectivity index (χ4v) is 2.94. The van der Waals surface area contributed by atoms with Gasteiger partial charge in [0.1, 0.15) is 5.75 Å². The number of carbonyl (C=O) groups is 1. The van der Waals surface area contributed by atoms with E-state index in [-0.39, 0.29) is 11.9 Å². The summed E-state index contributed by atoms with van der Waals surface area (Å²) in [6.07, 6.45) is 0. The minimum Gasteiger partial charge on any atom is -0.496 e. The Morgan fingerprint density at radius 1 is 1.35 bits per heavy atom. The Hall–Kier alpha value is -1.52. The number of aryl methyl sites for hydroxylation is 1. The molecule has 106 valence electrons. The Kier molecular flexibility index (Phi) is 4.68. The van der Waals surface area contributed by atoms with E-state index in [0.717, 1.165) is 14.8 Å². The van der Waals surface area contributed by atoms with Crippen molar-refractivity contribution in [2.45, 2.75) is 19.9 Å². The van der Waals surface area contributed by atoms with Crippen molar-refractivity contribution in [1.29, 1.82) is 0 Å². The lowest BCUT2D eigenvalue weighted by atomic mass is 10.1. The van der Waals surface area contributed by atoms with Crippen molar-refractivity contribution in [3.8, 4) is 5.75 Å². The van der Waals surface area contributed by atoms with Crippen molar-refractivity contribution >= 4 is 28.8 Å². The molecule has 0 fully saturated rings. The summed E-state index contributed by atoms with van der Waals surface area (Å²) in [5, 5.41) is 2.95. The summed E-state index contributed by atoms with van der Waals surface area (Å²) in [5.74, 6) is 0.588. The summed E-state index contributed by atoms with van der Waals surface area (Å²) in [6.45, 7) is 3.88. The van der Waals surface area contributed by atoms with Crippen LogP contribution in [0.4, 0.5) is 0 Å². The Balaban J connectivity index is 2.12. The predicted octanol–water partition coefficient (Wildman–Crippen LogP) is 4.21. The van der Waals surface area contributed by atoms with Gasteiger partial charge in [0.25, 0.3) is 5.91 Å². The number of ether oxygens (including phenoxy) is 1. The second-order valence-electron chi connectivity index (χ2n) is 4.52. The monoisotopic (exact) mass is 309 g/mol. The molecule has 5 heteroatoms. The zero-order valence-electron chi connectivity index (χ0n) is 11.6. The van der Waals surface area contributed by atoms with Crippen LogP contribution >= 0.6 is 22.9 Å². The molecule has 0 saturated heterocycles. The highest BCUT2D eigenvalue weighted by atomic mass is 35.5. The number of rotatable bonds is 4. The summed E-state index contributed by atoms with van der Waals surface area (Å²) in [5.41, 5.74) is 1.59. The zero-order valence-corrected chi connectivity index (χ0v) is 13.1. The maximum atomic E-state index is 12.2. The number of methoxy groups -OCH3 is 1. The first-order chi connectivity index (χ1) is 9.51. The van der Waals surface area contributed by atoms with E-state index in [2.05, 4.69) is 5.32 Å². The average Bonchev–Trinajstić information content (AvgIpc) is 2.86. The van der Waals surface area contributed by atoms with Gasteiger partial charge in [-0.2, -0.15) is 0 Å². The smallest absolute Gasteiger partial charge is 0.251 e. The van der Waals surface area contributed by atoms with Crippen molar-refractivity contribution < 1.29 is 9.53 Å².